The first-order valence-electron chi connectivity index (χ1n) is 12.1. The van der Waals surface area contributed by atoms with E-state index in [1.807, 2.05) is 18.4 Å². The van der Waals surface area contributed by atoms with Gasteiger partial charge in [-0.05, 0) is 72.8 Å². The number of rotatable bonds is 8. The van der Waals surface area contributed by atoms with Crippen molar-refractivity contribution in [1.29, 1.82) is 0 Å². The molecule has 0 radical (unpaired) electrons. The summed E-state index contributed by atoms with van der Waals surface area (Å²) in [5, 5.41) is 1.14. The standard InChI is InChI=1S/C28H25F6N5O2S/c1-16-37-26(27(29,30)31)15-38(16)21-10-6-18(19-7-11-24(40-2)25(13-19)42-3)12-22(21)39(36)23(14-35)17-4-8-20(9-5-17)41-28(32,33)34/h4-15H,35-36H2,1-3H3/b23-14-. The molecule has 14 heteroatoms. The molecule has 7 nitrogen and oxygen atoms in total. The molecule has 0 unspecified atom stereocenters. The number of halogens is 6. The Balaban J connectivity index is 1.85. The highest BCUT2D eigenvalue weighted by Gasteiger charge is 2.35. The number of thioether (sulfide) groups is 1. The zero-order valence-corrected chi connectivity index (χ0v) is 23.2. The summed E-state index contributed by atoms with van der Waals surface area (Å²) in [5.74, 6) is 6.81. The van der Waals surface area contributed by atoms with Gasteiger partial charge in [0.15, 0.2) is 5.69 Å². The van der Waals surface area contributed by atoms with Crippen LogP contribution >= 0.6 is 11.8 Å². The molecule has 0 spiro atoms. The lowest BCUT2D eigenvalue weighted by molar-refractivity contribution is -0.274. The van der Waals surface area contributed by atoms with Crippen molar-refractivity contribution >= 4 is 23.1 Å². The van der Waals surface area contributed by atoms with Gasteiger partial charge in [-0.2, -0.15) is 13.2 Å². The van der Waals surface area contributed by atoms with E-state index in [1.165, 1.54) is 35.4 Å². The van der Waals surface area contributed by atoms with Gasteiger partial charge in [-0.1, -0.05) is 12.1 Å². The van der Waals surface area contributed by atoms with Gasteiger partial charge < -0.3 is 19.8 Å². The summed E-state index contributed by atoms with van der Waals surface area (Å²) in [7, 11) is 1.55. The zero-order valence-electron chi connectivity index (χ0n) is 22.4. The second kappa shape index (κ2) is 11.9. The number of alkyl halides is 6. The van der Waals surface area contributed by atoms with Gasteiger partial charge in [0.1, 0.15) is 17.3 Å². The predicted octanol–water partition coefficient (Wildman–Crippen LogP) is 7.13. The van der Waals surface area contributed by atoms with Crippen LogP contribution in [-0.2, 0) is 6.18 Å². The quantitative estimate of drug-likeness (QED) is 0.0950. The Labute approximate surface area is 241 Å². The number of aromatic nitrogens is 2. The minimum atomic E-state index is -4.88. The van der Waals surface area contributed by atoms with E-state index in [0.29, 0.717) is 16.9 Å². The molecule has 4 aromatic rings. The fraction of sp³-hybridized carbons (Fsp3) is 0.179. The number of imidazole rings is 1. The average molecular weight is 610 g/mol. The molecule has 0 aliphatic carbocycles. The lowest BCUT2D eigenvalue weighted by atomic mass is 10.0. The summed E-state index contributed by atoms with van der Waals surface area (Å²) < 4.78 is 88.9. The number of hydrogen-bond donors (Lipinski definition) is 2. The molecular weight excluding hydrogens is 584 g/mol. The fourth-order valence-electron chi connectivity index (χ4n) is 4.24. The molecule has 0 saturated heterocycles. The molecule has 1 aromatic heterocycles. The van der Waals surface area contributed by atoms with Crippen molar-refractivity contribution in [3.05, 3.63) is 90.1 Å². The van der Waals surface area contributed by atoms with Gasteiger partial charge in [-0.3, -0.25) is 5.01 Å². The average Bonchev–Trinajstić information content (AvgIpc) is 3.34. The summed E-state index contributed by atoms with van der Waals surface area (Å²) in [5.41, 5.74) is 7.20. The van der Waals surface area contributed by atoms with Crippen LogP contribution in [0, 0.1) is 6.92 Å². The number of anilines is 1. The normalized spacial score (nSPS) is 12.4. The van der Waals surface area contributed by atoms with Gasteiger partial charge in [-0.15, -0.1) is 24.9 Å². The number of nitrogens with two attached hydrogens (primary N) is 2. The zero-order chi connectivity index (χ0) is 30.8. The monoisotopic (exact) mass is 609 g/mol. The number of nitrogens with zero attached hydrogens (tertiary/aromatic N) is 3. The van der Waals surface area contributed by atoms with Crippen LogP contribution in [0.5, 0.6) is 11.5 Å². The maximum absolute atomic E-state index is 13.5. The van der Waals surface area contributed by atoms with Crippen LogP contribution in [0.4, 0.5) is 32.0 Å². The maximum atomic E-state index is 13.5. The van der Waals surface area contributed by atoms with Gasteiger partial charge in [-0.25, -0.2) is 10.8 Å². The summed E-state index contributed by atoms with van der Waals surface area (Å²) in [6, 6.07) is 15.3. The molecule has 0 aliphatic heterocycles. The van der Waals surface area contributed by atoms with E-state index in [1.54, 1.807) is 31.4 Å². The Hall–Kier alpha value is -4.30. The molecule has 0 fully saturated rings. The van der Waals surface area contributed by atoms with Crippen molar-refractivity contribution in [3.8, 4) is 28.3 Å². The SMILES string of the molecule is COc1ccc(-c2ccc(-n3cc(C(F)(F)F)nc3C)c(N(N)/C(=C\N)c3ccc(OC(F)(F)F)cc3)c2)cc1SC. The van der Waals surface area contributed by atoms with Crippen LogP contribution < -0.4 is 26.1 Å². The van der Waals surface area contributed by atoms with E-state index >= 15 is 0 Å². The Morgan fingerprint density at radius 1 is 0.976 bits per heavy atom. The molecule has 0 amide bonds. The summed E-state index contributed by atoms with van der Waals surface area (Å²) in [4.78, 5) is 4.52. The van der Waals surface area contributed by atoms with Crippen LogP contribution in [0.25, 0.3) is 22.5 Å². The molecule has 0 saturated carbocycles. The van der Waals surface area contributed by atoms with E-state index in [9.17, 15) is 26.3 Å². The van der Waals surface area contributed by atoms with Crippen LogP contribution in [0.3, 0.4) is 0 Å². The van der Waals surface area contributed by atoms with Crippen molar-refractivity contribution in [2.24, 2.45) is 11.6 Å². The van der Waals surface area contributed by atoms with Crippen LogP contribution in [0.15, 0.2) is 78.0 Å². The minimum absolute atomic E-state index is 0.0470. The number of hydrazine groups is 1. The van der Waals surface area contributed by atoms with Crippen LogP contribution in [0.1, 0.15) is 17.1 Å². The molecule has 0 bridgehead atoms. The Morgan fingerprint density at radius 2 is 1.62 bits per heavy atom. The lowest BCUT2D eigenvalue weighted by Gasteiger charge is -2.26. The molecule has 1 heterocycles. The van der Waals surface area contributed by atoms with E-state index in [-0.39, 0.29) is 22.9 Å². The highest BCUT2D eigenvalue weighted by atomic mass is 32.2. The first-order valence-corrected chi connectivity index (χ1v) is 13.3. The summed E-state index contributed by atoms with van der Waals surface area (Å²) in [6.45, 7) is 1.42. The Kier molecular flexibility index (Phi) is 8.68. The van der Waals surface area contributed by atoms with Gasteiger partial charge in [0.2, 0.25) is 0 Å². The number of ether oxygens (including phenoxy) is 2. The first-order chi connectivity index (χ1) is 19.7. The van der Waals surface area contributed by atoms with Crippen molar-refractivity contribution < 1.29 is 35.8 Å². The second-order valence-corrected chi connectivity index (χ2v) is 9.66. The van der Waals surface area contributed by atoms with Gasteiger partial charge in [0, 0.05) is 22.9 Å². The van der Waals surface area contributed by atoms with Crippen molar-refractivity contribution in [2.75, 3.05) is 18.4 Å². The van der Waals surface area contributed by atoms with Crippen LogP contribution in [0.2, 0.25) is 0 Å². The molecule has 222 valence electrons. The topological polar surface area (TPSA) is 91.6 Å². The largest absolute Gasteiger partial charge is 0.573 e. The highest BCUT2D eigenvalue weighted by Crippen LogP contribution is 2.38. The number of hydrogen-bond acceptors (Lipinski definition) is 7. The van der Waals surface area contributed by atoms with Crippen LogP contribution in [-0.4, -0.2) is 29.3 Å². The number of methoxy groups -OCH3 is 1. The third kappa shape index (κ3) is 6.60. The summed E-state index contributed by atoms with van der Waals surface area (Å²) in [6.07, 6.45) is -5.68. The Morgan fingerprint density at radius 3 is 2.17 bits per heavy atom. The van der Waals surface area contributed by atoms with Gasteiger partial charge >= 0.3 is 12.5 Å². The smallest absolute Gasteiger partial charge is 0.496 e. The highest BCUT2D eigenvalue weighted by molar-refractivity contribution is 7.98. The molecule has 4 rings (SSSR count). The first kappa shape index (κ1) is 30.7. The molecule has 0 atom stereocenters. The van der Waals surface area contributed by atoms with E-state index in [0.717, 1.165) is 40.0 Å². The predicted molar refractivity (Wildman–Crippen MR) is 149 cm³/mol. The van der Waals surface area contributed by atoms with Gasteiger partial charge in [0.05, 0.1) is 24.2 Å². The maximum Gasteiger partial charge on any atom is 0.573 e. The minimum Gasteiger partial charge on any atom is -0.496 e. The molecule has 42 heavy (non-hydrogen) atoms. The third-order valence-electron chi connectivity index (χ3n) is 6.19. The van der Waals surface area contributed by atoms with Crippen molar-refractivity contribution in [3.63, 3.8) is 0 Å². The van der Waals surface area contributed by atoms with Gasteiger partial charge in [0.25, 0.3) is 0 Å². The summed E-state index contributed by atoms with van der Waals surface area (Å²) >= 11 is 1.47. The molecule has 0 aliphatic rings. The number of aryl methyl sites for hydroxylation is 1. The second-order valence-electron chi connectivity index (χ2n) is 8.81. The third-order valence-corrected chi connectivity index (χ3v) is 6.94. The van der Waals surface area contributed by atoms with Crippen molar-refractivity contribution in [1.82, 2.24) is 9.55 Å². The molecule has 3 aromatic carbocycles. The Bertz CT molecular complexity index is 1600. The number of benzene rings is 3. The fourth-order valence-corrected chi connectivity index (χ4v) is 4.84. The molecule has 4 N–H and O–H groups in total. The van der Waals surface area contributed by atoms with E-state index < -0.39 is 24.0 Å². The van der Waals surface area contributed by atoms with Crippen molar-refractivity contribution in [2.45, 2.75) is 24.4 Å². The van der Waals surface area contributed by atoms with E-state index in [2.05, 4.69) is 9.72 Å². The van der Waals surface area contributed by atoms with E-state index in [4.69, 9.17) is 16.3 Å². The lowest BCUT2D eigenvalue weighted by Crippen LogP contribution is -2.31. The molecular formula is C28H25F6N5O2S.